The predicted octanol–water partition coefficient (Wildman–Crippen LogP) is 1.16. The molecule has 0 bridgehead atoms. The van der Waals surface area contributed by atoms with Crippen molar-refractivity contribution in [2.45, 2.75) is 52.0 Å². The Kier molecular flexibility index (Phi) is 5.62. The maximum absolute atomic E-state index is 12.3. The Morgan fingerprint density at radius 3 is 2.52 bits per heavy atom. The monoisotopic (exact) mass is 296 g/mol. The van der Waals surface area contributed by atoms with Gasteiger partial charge in [-0.15, -0.1) is 0 Å². The van der Waals surface area contributed by atoms with E-state index in [1.165, 1.54) is 0 Å². The van der Waals surface area contributed by atoms with Crippen LogP contribution in [0, 0.1) is 17.8 Å². The lowest BCUT2D eigenvalue weighted by atomic mass is 9.95. The maximum atomic E-state index is 12.3. The van der Waals surface area contributed by atoms with Gasteiger partial charge in [0.15, 0.2) is 0 Å². The number of nitrogens with one attached hydrogen (secondary N) is 1. The fraction of sp³-hybridized carbons (Fsp3) is 0.875. The molecule has 2 aliphatic rings. The van der Waals surface area contributed by atoms with Gasteiger partial charge >= 0.3 is 0 Å². The number of carbonyl (C=O) groups is 2. The van der Waals surface area contributed by atoms with Crippen LogP contribution >= 0.6 is 0 Å². The molecule has 2 atom stereocenters. The van der Waals surface area contributed by atoms with Crippen molar-refractivity contribution in [2.75, 3.05) is 19.7 Å². The van der Waals surface area contributed by atoms with Crippen LogP contribution in [0.15, 0.2) is 0 Å². The number of amides is 2. The molecular weight excluding hydrogens is 268 g/mol. The minimum atomic E-state index is -0.174. The van der Waals surface area contributed by atoms with Crippen molar-refractivity contribution < 1.29 is 14.7 Å². The lowest BCUT2D eigenvalue weighted by Gasteiger charge is -2.33. The molecule has 1 saturated heterocycles. The van der Waals surface area contributed by atoms with Crippen LogP contribution in [0.25, 0.3) is 0 Å². The van der Waals surface area contributed by atoms with E-state index in [9.17, 15) is 14.7 Å². The van der Waals surface area contributed by atoms with Gasteiger partial charge in [0.2, 0.25) is 11.8 Å². The molecular formula is C16H28N2O3. The predicted molar refractivity (Wildman–Crippen MR) is 80.5 cm³/mol. The Balaban J connectivity index is 1.84. The van der Waals surface area contributed by atoms with Gasteiger partial charge < -0.3 is 15.3 Å². The highest BCUT2D eigenvalue weighted by Gasteiger charge is 2.36. The summed E-state index contributed by atoms with van der Waals surface area (Å²) in [7, 11) is 0. The number of nitrogens with zero attached hydrogens (tertiary/aromatic N) is 1. The molecule has 2 amide bonds. The second kappa shape index (κ2) is 7.25. The fourth-order valence-corrected chi connectivity index (χ4v) is 3.05. The van der Waals surface area contributed by atoms with Crippen molar-refractivity contribution in [3.63, 3.8) is 0 Å². The molecule has 120 valence electrons. The maximum Gasteiger partial charge on any atom is 0.225 e. The summed E-state index contributed by atoms with van der Waals surface area (Å²) in [5, 5.41) is 12.3. The van der Waals surface area contributed by atoms with Crippen molar-refractivity contribution >= 4 is 11.8 Å². The molecule has 1 aliphatic heterocycles. The van der Waals surface area contributed by atoms with Crippen LogP contribution in [-0.2, 0) is 9.59 Å². The van der Waals surface area contributed by atoms with E-state index in [0.717, 1.165) is 38.6 Å². The molecule has 0 aromatic rings. The quantitative estimate of drug-likeness (QED) is 0.773. The minimum Gasteiger partial charge on any atom is -0.394 e. The molecule has 1 aliphatic carbocycles. The van der Waals surface area contributed by atoms with Gasteiger partial charge in [0.05, 0.1) is 18.6 Å². The van der Waals surface area contributed by atoms with Crippen molar-refractivity contribution in [1.29, 1.82) is 0 Å². The zero-order chi connectivity index (χ0) is 15.4. The molecule has 0 aromatic carbocycles. The minimum absolute atomic E-state index is 0.0111. The standard InChI is InChI=1S/C16H28N2O3/c1-11(2)8-14(10-19)17-15(20)13-4-3-7-18(9-13)16(21)12-5-6-12/h11-14,19H,3-10H2,1-2H3,(H,17,20). The molecule has 0 radical (unpaired) electrons. The second-order valence-corrected chi connectivity index (χ2v) is 6.92. The van der Waals surface area contributed by atoms with E-state index >= 15 is 0 Å². The van der Waals surface area contributed by atoms with Crippen LogP contribution in [0.3, 0.4) is 0 Å². The Morgan fingerprint density at radius 2 is 1.95 bits per heavy atom. The van der Waals surface area contributed by atoms with E-state index in [1.807, 2.05) is 4.90 Å². The SMILES string of the molecule is CC(C)CC(CO)NC(=O)C1CCCN(C(=O)C2CC2)C1. The Hall–Kier alpha value is -1.10. The Labute approximate surface area is 127 Å². The molecule has 5 heteroatoms. The summed E-state index contributed by atoms with van der Waals surface area (Å²) in [5.74, 6) is 0.749. The normalized spacial score (nSPS) is 24.0. The highest BCUT2D eigenvalue weighted by atomic mass is 16.3. The first-order valence-corrected chi connectivity index (χ1v) is 8.21. The first kappa shape index (κ1) is 16.3. The number of aliphatic hydroxyl groups is 1. The van der Waals surface area contributed by atoms with E-state index < -0.39 is 0 Å². The topological polar surface area (TPSA) is 69.6 Å². The number of carbonyl (C=O) groups excluding carboxylic acids is 2. The third kappa shape index (κ3) is 4.70. The smallest absolute Gasteiger partial charge is 0.225 e. The van der Waals surface area contributed by atoms with E-state index in [0.29, 0.717) is 12.5 Å². The van der Waals surface area contributed by atoms with Crippen LogP contribution < -0.4 is 5.32 Å². The molecule has 2 N–H and O–H groups in total. The van der Waals surface area contributed by atoms with Crippen LogP contribution in [0.5, 0.6) is 0 Å². The molecule has 2 fully saturated rings. The van der Waals surface area contributed by atoms with Crippen molar-refractivity contribution in [3.05, 3.63) is 0 Å². The first-order valence-electron chi connectivity index (χ1n) is 8.21. The van der Waals surface area contributed by atoms with Gasteiger partial charge in [-0.2, -0.15) is 0 Å². The summed E-state index contributed by atoms with van der Waals surface area (Å²) in [6, 6.07) is -0.174. The van der Waals surface area contributed by atoms with Gasteiger partial charge in [-0.1, -0.05) is 13.8 Å². The lowest BCUT2D eigenvalue weighted by Crippen LogP contribution is -2.48. The summed E-state index contributed by atoms with van der Waals surface area (Å²) in [4.78, 5) is 26.3. The second-order valence-electron chi connectivity index (χ2n) is 6.92. The highest BCUT2D eigenvalue weighted by Crippen LogP contribution is 2.32. The lowest BCUT2D eigenvalue weighted by molar-refractivity contribution is -0.137. The van der Waals surface area contributed by atoms with E-state index in [2.05, 4.69) is 19.2 Å². The summed E-state index contributed by atoms with van der Waals surface area (Å²) in [6.45, 7) is 5.45. The Bertz CT molecular complexity index is 380. The number of piperidine rings is 1. The molecule has 0 spiro atoms. The van der Waals surface area contributed by atoms with Gasteiger partial charge in [0.25, 0.3) is 0 Å². The van der Waals surface area contributed by atoms with Crippen molar-refractivity contribution in [1.82, 2.24) is 10.2 Å². The zero-order valence-corrected chi connectivity index (χ0v) is 13.2. The van der Waals surface area contributed by atoms with Crippen LogP contribution in [0.2, 0.25) is 0 Å². The molecule has 0 aromatic heterocycles. The number of likely N-dealkylation sites (tertiary alicyclic amines) is 1. The van der Waals surface area contributed by atoms with E-state index in [4.69, 9.17) is 0 Å². The number of rotatable bonds is 6. The van der Waals surface area contributed by atoms with Gasteiger partial charge in [0.1, 0.15) is 0 Å². The molecule has 21 heavy (non-hydrogen) atoms. The largest absolute Gasteiger partial charge is 0.394 e. The number of aliphatic hydroxyl groups excluding tert-OH is 1. The van der Waals surface area contributed by atoms with Crippen LogP contribution in [0.1, 0.15) is 46.0 Å². The molecule has 5 nitrogen and oxygen atoms in total. The zero-order valence-electron chi connectivity index (χ0n) is 13.2. The third-order valence-electron chi connectivity index (χ3n) is 4.35. The van der Waals surface area contributed by atoms with Gasteiger partial charge in [0, 0.05) is 19.0 Å². The fourth-order valence-electron chi connectivity index (χ4n) is 3.05. The molecule has 2 rings (SSSR count). The number of hydrogen-bond donors (Lipinski definition) is 2. The molecule has 1 saturated carbocycles. The highest BCUT2D eigenvalue weighted by molar-refractivity contribution is 5.83. The summed E-state index contributed by atoms with van der Waals surface area (Å²) >= 11 is 0. The molecule has 2 unspecified atom stereocenters. The average molecular weight is 296 g/mol. The van der Waals surface area contributed by atoms with Gasteiger partial charge in [-0.25, -0.2) is 0 Å². The van der Waals surface area contributed by atoms with Crippen molar-refractivity contribution in [3.8, 4) is 0 Å². The summed E-state index contributed by atoms with van der Waals surface area (Å²) in [5.41, 5.74) is 0. The number of hydrogen-bond acceptors (Lipinski definition) is 3. The first-order chi connectivity index (χ1) is 10.0. The van der Waals surface area contributed by atoms with Gasteiger partial charge in [-0.3, -0.25) is 9.59 Å². The van der Waals surface area contributed by atoms with E-state index in [-0.39, 0.29) is 36.3 Å². The van der Waals surface area contributed by atoms with E-state index in [1.54, 1.807) is 0 Å². The summed E-state index contributed by atoms with van der Waals surface area (Å²) < 4.78 is 0. The Morgan fingerprint density at radius 1 is 1.24 bits per heavy atom. The van der Waals surface area contributed by atoms with Crippen LogP contribution in [-0.4, -0.2) is 47.6 Å². The summed E-state index contributed by atoms with van der Waals surface area (Å²) in [6.07, 6.45) is 4.52. The van der Waals surface area contributed by atoms with Crippen molar-refractivity contribution in [2.24, 2.45) is 17.8 Å². The molecule has 1 heterocycles. The van der Waals surface area contributed by atoms with Gasteiger partial charge in [-0.05, 0) is 38.0 Å². The third-order valence-corrected chi connectivity index (χ3v) is 4.35. The van der Waals surface area contributed by atoms with Crippen LogP contribution in [0.4, 0.5) is 0 Å². The average Bonchev–Trinajstić information content (AvgIpc) is 3.30.